The number of thiol groups is 1. The van der Waals surface area contributed by atoms with Crippen molar-refractivity contribution >= 4 is 9.16 Å². The van der Waals surface area contributed by atoms with E-state index in [0.29, 0.717) is 0 Å². The lowest BCUT2D eigenvalue weighted by atomic mass is 9.93. The molecule has 76 valence electrons. The third kappa shape index (κ3) is 2.69. The van der Waals surface area contributed by atoms with E-state index in [1.807, 2.05) is 0 Å². The maximum atomic E-state index is 2.57. The topological polar surface area (TPSA) is 0 Å². The zero-order valence-electron chi connectivity index (χ0n) is 9.43. The molecule has 0 aromatic heterocycles. The van der Waals surface area contributed by atoms with E-state index >= 15 is 0 Å². The highest BCUT2D eigenvalue weighted by molar-refractivity contribution is 8.48. The molecule has 1 fully saturated rings. The summed E-state index contributed by atoms with van der Waals surface area (Å²) >= 11 is 0. The normalized spacial score (nSPS) is 37.2. The molecule has 1 saturated heterocycles. The van der Waals surface area contributed by atoms with Crippen molar-refractivity contribution in [2.45, 2.75) is 26.7 Å². The fraction of sp³-hybridized carbons (Fsp3) is 1.00. The van der Waals surface area contributed by atoms with Crippen LogP contribution < -0.4 is 0 Å². The van der Waals surface area contributed by atoms with Gasteiger partial charge in [-0.25, -0.2) is 0 Å². The van der Waals surface area contributed by atoms with Gasteiger partial charge in [-0.3, -0.25) is 9.16 Å². The molecule has 0 bridgehead atoms. The fourth-order valence-electron chi connectivity index (χ4n) is 2.54. The molecule has 0 N–H and O–H groups in total. The first kappa shape index (κ1) is 10.4. The lowest BCUT2D eigenvalue weighted by Gasteiger charge is -2.57. The van der Waals surface area contributed by atoms with Gasteiger partial charge >= 0.3 is 0 Å². The number of hydrogen-bond donors (Lipinski definition) is 1. The molecule has 1 heterocycles. The van der Waals surface area contributed by atoms with E-state index in [-0.39, 0.29) is 0 Å². The van der Waals surface area contributed by atoms with Crippen molar-refractivity contribution < 1.29 is 0 Å². The second-order valence-corrected chi connectivity index (χ2v) is 14.3. The predicted octanol–water partition coefficient (Wildman–Crippen LogP) is 3.01. The Labute approximate surface area is 78.4 Å². The third-order valence-corrected chi connectivity index (χ3v) is 7.21. The highest BCUT2D eigenvalue weighted by Gasteiger charge is 2.33. The van der Waals surface area contributed by atoms with Gasteiger partial charge in [0, 0.05) is 0 Å². The summed E-state index contributed by atoms with van der Waals surface area (Å²) in [6.07, 6.45) is 10.7. The lowest BCUT2D eigenvalue weighted by molar-refractivity contribution is 0.385. The van der Waals surface area contributed by atoms with Gasteiger partial charge in [-0.05, 0) is 55.0 Å². The van der Waals surface area contributed by atoms with Crippen molar-refractivity contribution in [2.75, 3.05) is 30.3 Å². The number of rotatable bonds is 1. The van der Waals surface area contributed by atoms with Gasteiger partial charge in [-0.15, -0.1) is 0 Å². The maximum Gasteiger partial charge on any atom is -0.0328 e. The molecule has 12 heavy (non-hydrogen) atoms. The molecule has 0 nitrogen and oxygen atoms in total. The van der Waals surface area contributed by atoms with Crippen LogP contribution in [-0.2, 0) is 0 Å². The molecule has 0 amide bonds. The van der Waals surface area contributed by atoms with Crippen LogP contribution in [0.4, 0.5) is 0 Å². The molecule has 1 unspecified atom stereocenters. The van der Waals surface area contributed by atoms with E-state index < -0.39 is 9.16 Å². The summed E-state index contributed by atoms with van der Waals surface area (Å²) in [6.45, 7) is 4.78. The highest BCUT2D eigenvalue weighted by Crippen LogP contribution is 2.64. The van der Waals surface area contributed by atoms with Crippen LogP contribution in [0, 0.1) is 11.8 Å². The van der Waals surface area contributed by atoms with E-state index in [9.17, 15) is 0 Å². The first-order valence-corrected chi connectivity index (χ1v) is 9.23. The summed E-state index contributed by atoms with van der Waals surface area (Å²) in [6, 6.07) is 0. The monoisotopic (exact) mass is 190 g/mol. The lowest BCUT2D eigenvalue weighted by Crippen LogP contribution is -2.33. The zero-order chi connectivity index (χ0) is 9.43. The minimum absolute atomic E-state index is 0.909. The van der Waals surface area contributed by atoms with E-state index in [0.717, 1.165) is 11.8 Å². The van der Waals surface area contributed by atoms with Crippen LogP contribution in [0.25, 0.3) is 0 Å². The Kier molecular flexibility index (Phi) is 2.55. The molecule has 0 radical (unpaired) electrons. The Morgan fingerprint density at radius 1 is 1.17 bits per heavy atom. The maximum absolute atomic E-state index is 2.57. The second kappa shape index (κ2) is 2.94. The summed E-state index contributed by atoms with van der Waals surface area (Å²) in [4.78, 5) is 0. The van der Waals surface area contributed by atoms with E-state index in [2.05, 4.69) is 32.6 Å². The third-order valence-electron chi connectivity index (χ3n) is 3.42. The summed E-state index contributed by atoms with van der Waals surface area (Å²) in [5.41, 5.74) is 0. The summed E-state index contributed by atoms with van der Waals surface area (Å²) in [5.74, 6) is 5.01. The molecule has 0 spiro atoms. The fourth-order valence-corrected chi connectivity index (χ4v) is 6.42. The van der Waals surface area contributed by atoms with Gasteiger partial charge in [0.25, 0.3) is 0 Å². The van der Waals surface area contributed by atoms with Crippen LogP contribution in [0.5, 0.6) is 0 Å². The van der Waals surface area contributed by atoms with Crippen molar-refractivity contribution in [3.8, 4) is 0 Å². The van der Waals surface area contributed by atoms with Crippen molar-refractivity contribution in [3.63, 3.8) is 0 Å². The SMILES string of the molecule is CC(C)C1CCC[SH](C)(C)(C)C1. The van der Waals surface area contributed by atoms with Gasteiger partial charge in [-0.2, -0.15) is 0 Å². The molecule has 1 rings (SSSR count). The highest BCUT2D eigenvalue weighted by atomic mass is 32.3. The Bertz CT molecular complexity index is 162. The first-order chi connectivity index (χ1) is 5.28. The van der Waals surface area contributed by atoms with Crippen LogP contribution in [0.2, 0.25) is 0 Å². The second-order valence-electron chi connectivity index (χ2n) is 6.52. The van der Waals surface area contributed by atoms with Crippen LogP contribution in [0.3, 0.4) is 0 Å². The largest absolute Gasteiger partial charge is 0.290 e. The molecule has 1 aliphatic heterocycles. The van der Waals surface area contributed by atoms with E-state index in [4.69, 9.17) is 0 Å². The van der Waals surface area contributed by atoms with Gasteiger partial charge in [0.2, 0.25) is 0 Å². The van der Waals surface area contributed by atoms with Crippen LogP contribution in [0.15, 0.2) is 0 Å². The average Bonchev–Trinajstić information content (AvgIpc) is 1.83. The van der Waals surface area contributed by atoms with Crippen molar-refractivity contribution in [3.05, 3.63) is 0 Å². The van der Waals surface area contributed by atoms with Crippen molar-refractivity contribution in [1.29, 1.82) is 0 Å². The van der Waals surface area contributed by atoms with Crippen LogP contribution >= 0.6 is 9.16 Å². The Hall–Kier alpha value is 0.350. The molecule has 0 aliphatic carbocycles. The van der Waals surface area contributed by atoms with Gasteiger partial charge in [0.1, 0.15) is 0 Å². The van der Waals surface area contributed by atoms with E-state index in [1.165, 1.54) is 18.6 Å². The summed E-state index contributed by atoms with van der Waals surface area (Å²) in [7, 11) is -1.18. The molecule has 1 atom stereocenters. The molecule has 1 aliphatic rings. The smallest absolute Gasteiger partial charge is 0.0328 e. The molecule has 0 saturated carbocycles. The summed E-state index contributed by atoms with van der Waals surface area (Å²) in [5, 5.41) is 0. The quantitative estimate of drug-likeness (QED) is 0.604. The Morgan fingerprint density at radius 2 is 1.75 bits per heavy atom. The molecule has 0 aromatic rings. The first-order valence-electron chi connectivity index (χ1n) is 5.28. The van der Waals surface area contributed by atoms with Gasteiger partial charge < -0.3 is 0 Å². The minimum atomic E-state index is -1.18. The van der Waals surface area contributed by atoms with Crippen LogP contribution in [-0.4, -0.2) is 30.3 Å². The van der Waals surface area contributed by atoms with Crippen LogP contribution in [0.1, 0.15) is 26.7 Å². The average molecular weight is 190 g/mol. The van der Waals surface area contributed by atoms with Crippen molar-refractivity contribution in [2.24, 2.45) is 11.8 Å². The van der Waals surface area contributed by atoms with Gasteiger partial charge in [-0.1, -0.05) is 13.8 Å². The molecule has 1 heteroatoms. The molecular weight excluding hydrogens is 164 g/mol. The van der Waals surface area contributed by atoms with Gasteiger partial charge in [0.15, 0.2) is 0 Å². The standard InChI is InChI=1S/C11H26S/c1-10(2)11-7-6-8-12(3,4,5)9-11/h10-12H,6-9H2,1-5H3. The molecule has 0 aromatic carbocycles. The Morgan fingerprint density at radius 3 is 2.08 bits per heavy atom. The zero-order valence-corrected chi connectivity index (χ0v) is 10.3. The Balaban J connectivity index is 2.64. The summed E-state index contributed by atoms with van der Waals surface area (Å²) < 4.78 is 0. The number of hydrogen-bond acceptors (Lipinski definition) is 0. The van der Waals surface area contributed by atoms with E-state index in [1.54, 1.807) is 5.75 Å². The predicted molar refractivity (Wildman–Crippen MR) is 64.1 cm³/mol. The van der Waals surface area contributed by atoms with Gasteiger partial charge in [0.05, 0.1) is 0 Å². The molecular formula is C11H26S. The van der Waals surface area contributed by atoms with Crippen molar-refractivity contribution in [1.82, 2.24) is 0 Å². The minimum Gasteiger partial charge on any atom is -0.290 e.